The zero-order valence-corrected chi connectivity index (χ0v) is 17.9. The minimum absolute atomic E-state index is 0.125. The van der Waals surface area contributed by atoms with Crippen LogP contribution in [-0.4, -0.2) is 38.7 Å². The van der Waals surface area contributed by atoms with E-state index in [4.69, 9.17) is 0 Å². The molecule has 1 aliphatic rings. The van der Waals surface area contributed by atoms with Gasteiger partial charge in [-0.25, -0.2) is 0 Å². The minimum atomic E-state index is -0.136. The van der Waals surface area contributed by atoms with E-state index in [0.717, 1.165) is 40.8 Å². The summed E-state index contributed by atoms with van der Waals surface area (Å²) in [7, 11) is 0. The van der Waals surface area contributed by atoms with Crippen molar-refractivity contribution < 1.29 is 9.59 Å². The van der Waals surface area contributed by atoms with Crippen LogP contribution in [0.25, 0.3) is 16.6 Å². The predicted octanol–water partition coefficient (Wildman–Crippen LogP) is 4.05. The van der Waals surface area contributed by atoms with Crippen LogP contribution >= 0.6 is 11.8 Å². The van der Waals surface area contributed by atoms with E-state index < -0.39 is 0 Å². The number of hydrogen-bond acceptors (Lipinski definition) is 5. The van der Waals surface area contributed by atoms with Gasteiger partial charge < -0.3 is 10.2 Å². The molecule has 1 fully saturated rings. The second kappa shape index (κ2) is 8.03. The van der Waals surface area contributed by atoms with Crippen molar-refractivity contribution in [1.29, 1.82) is 0 Å². The largest absolute Gasteiger partial charge is 0.325 e. The third kappa shape index (κ3) is 3.74. The zero-order chi connectivity index (χ0) is 21.4. The highest BCUT2D eigenvalue weighted by molar-refractivity contribution is 7.99. The molecular weight excluding hydrogens is 410 g/mol. The van der Waals surface area contributed by atoms with Crippen molar-refractivity contribution in [3.63, 3.8) is 0 Å². The molecule has 0 aliphatic carbocycles. The molecule has 2 aromatic carbocycles. The quantitative estimate of drug-likeness (QED) is 0.482. The molecule has 3 heterocycles. The average Bonchev–Trinajstić information content (AvgIpc) is 3.38. The van der Waals surface area contributed by atoms with E-state index in [0.29, 0.717) is 17.3 Å². The molecule has 5 rings (SSSR count). The van der Waals surface area contributed by atoms with Crippen molar-refractivity contribution in [2.45, 2.75) is 24.9 Å². The van der Waals surface area contributed by atoms with E-state index in [-0.39, 0.29) is 17.6 Å². The van der Waals surface area contributed by atoms with Gasteiger partial charge in [0.15, 0.2) is 10.8 Å². The third-order valence-corrected chi connectivity index (χ3v) is 6.35. The Hall–Kier alpha value is -3.39. The van der Waals surface area contributed by atoms with E-state index in [1.165, 1.54) is 11.8 Å². The summed E-state index contributed by atoms with van der Waals surface area (Å²) in [4.78, 5) is 26.3. The number of carbonyl (C=O) groups excluding carboxylic acids is 2. The van der Waals surface area contributed by atoms with Crippen LogP contribution in [0.15, 0.2) is 59.8 Å². The summed E-state index contributed by atoms with van der Waals surface area (Å²) in [6.45, 7) is 2.78. The van der Waals surface area contributed by atoms with Crippen molar-refractivity contribution in [3.05, 3.63) is 60.2 Å². The van der Waals surface area contributed by atoms with Gasteiger partial charge in [0.1, 0.15) is 0 Å². The maximum absolute atomic E-state index is 12.6. The van der Waals surface area contributed by atoms with Crippen LogP contribution in [0.1, 0.15) is 18.4 Å². The molecule has 2 aromatic heterocycles. The number of amides is 2. The maximum atomic E-state index is 12.6. The van der Waals surface area contributed by atoms with E-state index in [9.17, 15) is 9.59 Å². The van der Waals surface area contributed by atoms with Crippen molar-refractivity contribution in [1.82, 2.24) is 14.6 Å². The van der Waals surface area contributed by atoms with Gasteiger partial charge in [-0.3, -0.25) is 14.0 Å². The Labute approximate surface area is 183 Å². The number of pyridine rings is 1. The fraction of sp³-hybridized carbons (Fsp3) is 0.217. The zero-order valence-electron chi connectivity index (χ0n) is 17.0. The van der Waals surface area contributed by atoms with E-state index in [1.54, 1.807) is 4.90 Å². The van der Waals surface area contributed by atoms with Crippen LogP contribution in [0.3, 0.4) is 0 Å². The summed E-state index contributed by atoms with van der Waals surface area (Å²) in [5.74, 6) is 0.193. The van der Waals surface area contributed by atoms with Gasteiger partial charge >= 0.3 is 0 Å². The van der Waals surface area contributed by atoms with E-state index >= 15 is 0 Å². The fourth-order valence-corrected chi connectivity index (χ4v) is 4.72. The molecular formula is C23H21N5O2S. The lowest BCUT2D eigenvalue weighted by atomic mass is 10.1. The Morgan fingerprint density at radius 3 is 2.84 bits per heavy atom. The number of nitrogens with one attached hydrogen (secondary N) is 1. The van der Waals surface area contributed by atoms with Crippen molar-refractivity contribution >= 4 is 51.5 Å². The lowest BCUT2D eigenvalue weighted by Gasteiger charge is -2.16. The van der Waals surface area contributed by atoms with Gasteiger partial charge in [-0.1, -0.05) is 36.0 Å². The number of nitrogens with zero attached hydrogens (tertiary/aromatic N) is 4. The van der Waals surface area contributed by atoms with Gasteiger partial charge in [-0.05, 0) is 49.2 Å². The summed E-state index contributed by atoms with van der Waals surface area (Å²) in [5, 5.41) is 13.3. The molecule has 1 N–H and O–H groups in total. The van der Waals surface area contributed by atoms with Crippen LogP contribution < -0.4 is 10.2 Å². The van der Waals surface area contributed by atoms with Gasteiger partial charge in [0.05, 0.1) is 11.3 Å². The number of aromatic nitrogens is 3. The van der Waals surface area contributed by atoms with Crippen LogP contribution in [0.5, 0.6) is 0 Å². The van der Waals surface area contributed by atoms with Crippen molar-refractivity contribution in [2.75, 3.05) is 22.5 Å². The number of carbonyl (C=O) groups is 2. The number of benzene rings is 2. The second-order valence-electron chi connectivity index (χ2n) is 7.56. The highest BCUT2D eigenvalue weighted by Gasteiger charge is 2.22. The van der Waals surface area contributed by atoms with Gasteiger partial charge in [0, 0.05) is 29.7 Å². The molecule has 1 aliphatic heterocycles. The second-order valence-corrected chi connectivity index (χ2v) is 8.50. The van der Waals surface area contributed by atoms with Crippen LogP contribution in [0.4, 0.5) is 11.4 Å². The number of fused-ring (bicyclic) bond motifs is 3. The molecule has 2 amide bonds. The SMILES string of the molecule is Cc1cc2nnc(SCC(=O)Nc3cccc(N4CCCC4=O)c3)n2c2ccccc12. The summed E-state index contributed by atoms with van der Waals surface area (Å²) in [6, 6.07) is 17.5. The first-order chi connectivity index (χ1) is 15.1. The Kier molecular flexibility index (Phi) is 5.07. The number of thioether (sulfide) groups is 1. The number of aryl methyl sites for hydroxylation is 1. The average molecular weight is 432 g/mol. The summed E-state index contributed by atoms with van der Waals surface area (Å²) in [5.41, 5.74) is 4.42. The number of anilines is 2. The smallest absolute Gasteiger partial charge is 0.234 e. The lowest BCUT2D eigenvalue weighted by molar-refractivity contribution is -0.117. The molecule has 0 spiro atoms. The molecule has 0 atom stereocenters. The summed E-state index contributed by atoms with van der Waals surface area (Å²) < 4.78 is 1.99. The topological polar surface area (TPSA) is 79.6 Å². The number of para-hydroxylation sites is 1. The van der Waals surface area contributed by atoms with E-state index in [2.05, 4.69) is 28.5 Å². The first kappa shape index (κ1) is 19.6. The minimum Gasteiger partial charge on any atom is -0.325 e. The highest BCUT2D eigenvalue weighted by atomic mass is 32.2. The molecule has 156 valence electrons. The van der Waals surface area contributed by atoms with Gasteiger partial charge in [0.25, 0.3) is 0 Å². The first-order valence-corrected chi connectivity index (χ1v) is 11.2. The number of hydrogen-bond donors (Lipinski definition) is 1. The molecule has 0 radical (unpaired) electrons. The molecule has 0 unspecified atom stereocenters. The van der Waals surface area contributed by atoms with Crippen LogP contribution in [0.2, 0.25) is 0 Å². The first-order valence-electron chi connectivity index (χ1n) is 10.2. The molecule has 31 heavy (non-hydrogen) atoms. The Bertz CT molecular complexity index is 1320. The lowest BCUT2D eigenvalue weighted by Crippen LogP contribution is -2.23. The Morgan fingerprint density at radius 1 is 1.13 bits per heavy atom. The monoisotopic (exact) mass is 431 g/mol. The standard InChI is InChI=1S/C23H21N5O2S/c1-15-12-20-25-26-23(28(20)19-9-3-2-8-18(15)19)31-14-21(29)24-16-6-4-7-17(13-16)27-11-5-10-22(27)30/h2-4,6-9,12-13H,5,10-11,14H2,1H3,(H,24,29). The van der Waals surface area contributed by atoms with Gasteiger partial charge in [0.2, 0.25) is 11.8 Å². The molecule has 4 aromatic rings. The fourth-order valence-electron chi connectivity index (χ4n) is 3.97. The van der Waals surface area contributed by atoms with Crippen molar-refractivity contribution in [2.24, 2.45) is 0 Å². The summed E-state index contributed by atoms with van der Waals surface area (Å²) >= 11 is 1.35. The third-order valence-electron chi connectivity index (χ3n) is 5.42. The molecule has 0 bridgehead atoms. The Morgan fingerprint density at radius 2 is 2.00 bits per heavy atom. The van der Waals surface area contributed by atoms with E-state index in [1.807, 2.05) is 52.9 Å². The van der Waals surface area contributed by atoms with Gasteiger partial charge in [-0.15, -0.1) is 10.2 Å². The Balaban J connectivity index is 1.32. The highest BCUT2D eigenvalue weighted by Crippen LogP contribution is 2.27. The van der Waals surface area contributed by atoms with Crippen LogP contribution in [0, 0.1) is 6.92 Å². The maximum Gasteiger partial charge on any atom is 0.234 e. The molecule has 7 nitrogen and oxygen atoms in total. The number of rotatable bonds is 5. The van der Waals surface area contributed by atoms with Crippen molar-refractivity contribution in [3.8, 4) is 0 Å². The van der Waals surface area contributed by atoms with Crippen LogP contribution in [-0.2, 0) is 9.59 Å². The van der Waals surface area contributed by atoms with Gasteiger partial charge in [-0.2, -0.15) is 0 Å². The molecule has 8 heteroatoms. The predicted molar refractivity (Wildman–Crippen MR) is 123 cm³/mol. The molecule has 0 saturated carbocycles. The summed E-state index contributed by atoms with van der Waals surface area (Å²) in [6.07, 6.45) is 1.44. The molecule has 1 saturated heterocycles. The normalized spacial score (nSPS) is 14.0.